The number of amides is 1. The molecule has 1 amide bonds. The third kappa shape index (κ3) is 3.40. The van der Waals surface area contributed by atoms with Crippen LogP contribution in [-0.4, -0.2) is 38.6 Å². The van der Waals surface area contributed by atoms with E-state index in [0.717, 1.165) is 6.54 Å². The fraction of sp³-hybridized carbons (Fsp3) is 0.562. The zero-order valence-corrected chi connectivity index (χ0v) is 13.0. The molecular weight excluding hydrogens is 268 g/mol. The molecule has 1 aliphatic carbocycles. The summed E-state index contributed by atoms with van der Waals surface area (Å²) in [6, 6.07) is 3.29. The van der Waals surface area contributed by atoms with Gasteiger partial charge in [0.25, 0.3) is 5.91 Å². The van der Waals surface area contributed by atoms with Crippen LogP contribution in [-0.2, 0) is 0 Å². The van der Waals surface area contributed by atoms with Crippen molar-refractivity contribution in [1.82, 2.24) is 4.90 Å². The van der Waals surface area contributed by atoms with Crippen molar-refractivity contribution in [1.29, 1.82) is 0 Å². The molecule has 116 valence electrons. The first-order chi connectivity index (χ1) is 10.1. The van der Waals surface area contributed by atoms with Crippen molar-refractivity contribution in [2.24, 2.45) is 5.92 Å². The normalized spacial score (nSPS) is 15.0. The summed E-state index contributed by atoms with van der Waals surface area (Å²) in [6.45, 7) is 0.784. The third-order valence-corrected chi connectivity index (χ3v) is 4.14. The predicted octanol–water partition coefficient (Wildman–Crippen LogP) is 2.55. The Morgan fingerprint density at radius 3 is 2.38 bits per heavy atom. The van der Waals surface area contributed by atoms with Crippen LogP contribution in [0.5, 0.6) is 11.5 Å². The molecule has 0 saturated heterocycles. The number of nitrogens with zero attached hydrogens (tertiary/aromatic N) is 1. The highest BCUT2D eigenvalue weighted by molar-refractivity contribution is 6.00. The van der Waals surface area contributed by atoms with Crippen molar-refractivity contribution >= 4 is 11.6 Å². The Morgan fingerprint density at radius 2 is 1.81 bits per heavy atom. The van der Waals surface area contributed by atoms with Crippen molar-refractivity contribution in [3.05, 3.63) is 17.7 Å². The highest BCUT2D eigenvalue weighted by atomic mass is 16.5. The first-order valence-electron chi connectivity index (χ1n) is 7.33. The molecule has 0 atom stereocenters. The lowest BCUT2D eigenvalue weighted by molar-refractivity contribution is 0.0774. The number of ether oxygens (including phenoxy) is 2. The van der Waals surface area contributed by atoms with Crippen LogP contribution in [0, 0.1) is 5.92 Å². The molecule has 1 saturated carbocycles. The molecule has 0 radical (unpaired) electrons. The van der Waals surface area contributed by atoms with Gasteiger partial charge in [-0.15, -0.1) is 0 Å². The number of nitrogen functional groups attached to an aromatic ring is 1. The number of carbonyl (C=O) groups excluding carboxylic acids is 1. The van der Waals surface area contributed by atoms with Crippen molar-refractivity contribution in [2.45, 2.75) is 25.7 Å². The molecule has 2 N–H and O–H groups in total. The lowest BCUT2D eigenvalue weighted by Gasteiger charge is -2.22. The maximum atomic E-state index is 12.6. The number of nitrogens with two attached hydrogens (primary N) is 1. The molecule has 1 aliphatic rings. The first-order valence-corrected chi connectivity index (χ1v) is 7.33. The second kappa shape index (κ2) is 6.70. The summed E-state index contributed by atoms with van der Waals surface area (Å²) >= 11 is 0. The molecule has 0 spiro atoms. The lowest BCUT2D eigenvalue weighted by Crippen LogP contribution is -2.31. The van der Waals surface area contributed by atoms with E-state index >= 15 is 0 Å². The van der Waals surface area contributed by atoms with Gasteiger partial charge >= 0.3 is 0 Å². The molecule has 0 heterocycles. The summed E-state index contributed by atoms with van der Waals surface area (Å²) in [5.41, 5.74) is 6.86. The summed E-state index contributed by atoms with van der Waals surface area (Å²) in [5.74, 6) is 1.59. The molecule has 21 heavy (non-hydrogen) atoms. The van der Waals surface area contributed by atoms with E-state index in [0.29, 0.717) is 28.7 Å². The van der Waals surface area contributed by atoms with Gasteiger partial charge in [-0.1, -0.05) is 12.8 Å². The Hall–Kier alpha value is -1.91. The van der Waals surface area contributed by atoms with Gasteiger partial charge in [-0.05, 0) is 24.8 Å². The topological polar surface area (TPSA) is 64.8 Å². The van der Waals surface area contributed by atoms with Crippen molar-refractivity contribution < 1.29 is 14.3 Å². The van der Waals surface area contributed by atoms with E-state index in [1.807, 2.05) is 7.05 Å². The van der Waals surface area contributed by atoms with Gasteiger partial charge in [0.1, 0.15) is 0 Å². The molecule has 0 bridgehead atoms. The number of hydrogen-bond acceptors (Lipinski definition) is 4. The van der Waals surface area contributed by atoms with Crippen molar-refractivity contribution in [2.75, 3.05) is 33.5 Å². The van der Waals surface area contributed by atoms with Crippen LogP contribution in [0.4, 0.5) is 5.69 Å². The van der Waals surface area contributed by atoms with Crippen LogP contribution in [0.2, 0.25) is 0 Å². The number of methoxy groups -OCH3 is 2. The van der Waals surface area contributed by atoms with Crippen LogP contribution in [0.15, 0.2) is 12.1 Å². The van der Waals surface area contributed by atoms with Gasteiger partial charge in [0.05, 0.1) is 19.8 Å². The Morgan fingerprint density at radius 1 is 1.24 bits per heavy atom. The maximum absolute atomic E-state index is 12.6. The van der Waals surface area contributed by atoms with Gasteiger partial charge < -0.3 is 20.1 Å². The fourth-order valence-electron chi connectivity index (χ4n) is 2.95. The second-order valence-electron chi connectivity index (χ2n) is 5.63. The van der Waals surface area contributed by atoms with E-state index in [1.165, 1.54) is 25.7 Å². The molecule has 1 aromatic carbocycles. The third-order valence-electron chi connectivity index (χ3n) is 4.14. The average molecular weight is 292 g/mol. The minimum atomic E-state index is -0.0691. The number of rotatable bonds is 5. The zero-order valence-electron chi connectivity index (χ0n) is 13.0. The fourth-order valence-corrected chi connectivity index (χ4v) is 2.95. The van der Waals surface area contributed by atoms with Gasteiger partial charge in [-0.3, -0.25) is 4.79 Å². The van der Waals surface area contributed by atoms with Crippen LogP contribution < -0.4 is 15.2 Å². The Kier molecular flexibility index (Phi) is 4.94. The number of carbonyl (C=O) groups is 1. The van der Waals surface area contributed by atoms with Gasteiger partial charge in [-0.2, -0.15) is 0 Å². The van der Waals surface area contributed by atoms with E-state index in [4.69, 9.17) is 15.2 Å². The van der Waals surface area contributed by atoms with E-state index in [1.54, 1.807) is 31.3 Å². The lowest BCUT2D eigenvalue weighted by atomic mass is 10.1. The standard InChI is InChI=1S/C16H24N2O3/c1-18(10-11-6-4-5-7-11)16(19)12-8-14(20-2)15(21-3)9-13(12)17/h8-9,11H,4-7,10,17H2,1-3H3. The van der Waals surface area contributed by atoms with Crippen LogP contribution in [0.25, 0.3) is 0 Å². The Labute approximate surface area is 126 Å². The number of hydrogen-bond donors (Lipinski definition) is 1. The molecule has 1 fully saturated rings. The van der Waals surface area contributed by atoms with Gasteiger partial charge in [0, 0.05) is 25.3 Å². The maximum Gasteiger partial charge on any atom is 0.255 e. The summed E-state index contributed by atoms with van der Waals surface area (Å²) < 4.78 is 10.4. The van der Waals surface area contributed by atoms with Gasteiger partial charge in [0.15, 0.2) is 11.5 Å². The molecule has 0 aromatic heterocycles. The largest absolute Gasteiger partial charge is 0.493 e. The molecule has 1 aromatic rings. The van der Waals surface area contributed by atoms with Crippen LogP contribution in [0.3, 0.4) is 0 Å². The smallest absolute Gasteiger partial charge is 0.255 e. The van der Waals surface area contributed by atoms with Crippen LogP contribution in [0.1, 0.15) is 36.0 Å². The molecular formula is C16H24N2O3. The minimum absolute atomic E-state index is 0.0691. The van der Waals surface area contributed by atoms with E-state index in [-0.39, 0.29) is 5.91 Å². The molecule has 5 heteroatoms. The van der Waals surface area contributed by atoms with E-state index in [9.17, 15) is 4.79 Å². The average Bonchev–Trinajstić information content (AvgIpc) is 2.99. The SMILES string of the molecule is COc1cc(N)c(C(=O)N(C)CC2CCCC2)cc1OC. The molecule has 0 unspecified atom stereocenters. The predicted molar refractivity (Wildman–Crippen MR) is 82.9 cm³/mol. The Bertz CT molecular complexity index is 510. The van der Waals surface area contributed by atoms with Gasteiger partial charge in [0.2, 0.25) is 0 Å². The number of benzene rings is 1. The van der Waals surface area contributed by atoms with Crippen molar-refractivity contribution in [3.63, 3.8) is 0 Å². The van der Waals surface area contributed by atoms with Crippen molar-refractivity contribution in [3.8, 4) is 11.5 Å². The monoisotopic (exact) mass is 292 g/mol. The first kappa shape index (κ1) is 15.5. The summed E-state index contributed by atoms with van der Waals surface area (Å²) in [6.07, 6.45) is 4.95. The quantitative estimate of drug-likeness (QED) is 0.847. The highest BCUT2D eigenvalue weighted by Gasteiger charge is 2.22. The van der Waals surface area contributed by atoms with E-state index < -0.39 is 0 Å². The summed E-state index contributed by atoms with van der Waals surface area (Å²) in [4.78, 5) is 14.3. The molecule has 2 rings (SSSR count). The Balaban J connectivity index is 2.17. The van der Waals surface area contributed by atoms with Crippen LogP contribution >= 0.6 is 0 Å². The molecule has 5 nitrogen and oxygen atoms in total. The second-order valence-corrected chi connectivity index (χ2v) is 5.63. The minimum Gasteiger partial charge on any atom is -0.493 e. The summed E-state index contributed by atoms with van der Waals surface area (Å²) in [7, 11) is 4.92. The van der Waals surface area contributed by atoms with Gasteiger partial charge in [-0.25, -0.2) is 0 Å². The molecule has 0 aliphatic heterocycles. The number of anilines is 1. The summed E-state index contributed by atoms with van der Waals surface area (Å²) in [5, 5.41) is 0. The van der Waals surface area contributed by atoms with E-state index in [2.05, 4.69) is 0 Å². The zero-order chi connectivity index (χ0) is 15.4. The highest BCUT2D eigenvalue weighted by Crippen LogP contribution is 2.33.